The van der Waals surface area contributed by atoms with Gasteiger partial charge in [-0.05, 0) is 30.8 Å². The zero-order chi connectivity index (χ0) is 12.4. The Hall–Kier alpha value is -0.780. The quantitative estimate of drug-likeness (QED) is 0.365. The van der Waals surface area contributed by atoms with Gasteiger partial charge in [-0.15, -0.1) is 0 Å². The standard InChI is InChI=1S/C16H28/c1-6-10-12-14-16(5,9-4)15(8-3)13-11-7-2/h7-8,11,13H,3,6,9-10,12,14H2,1-2,4-5H3/b11-7-,15-13+. The maximum absolute atomic E-state index is 3.95. The Morgan fingerprint density at radius 3 is 2.38 bits per heavy atom. The van der Waals surface area contributed by atoms with Crippen molar-refractivity contribution in [3.05, 3.63) is 36.5 Å². The monoisotopic (exact) mass is 220 g/mol. The molecule has 0 aliphatic rings. The molecule has 0 saturated heterocycles. The fourth-order valence-electron chi connectivity index (χ4n) is 2.01. The second-order valence-corrected chi connectivity index (χ2v) is 4.72. The Morgan fingerprint density at radius 1 is 1.25 bits per heavy atom. The van der Waals surface area contributed by atoms with Crippen molar-refractivity contribution in [2.75, 3.05) is 0 Å². The summed E-state index contributed by atoms with van der Waals surface area (Å²) in [6.45, 7) is 12.9. The van der Waals surface area contributed by atoms with Gasteiger partial charge in [0.25, 0.3) is 0 Å². The lowest BCUT2D eigenvalue weighted by atomic mass is 9.75. The van der Waals surface area contributed by atoms with Gasteiger partial charge in [-0.3, -0.25) is 0 Å². The summed E-state index contributed by atoms with van der Waals surface area (Å²) in [4.78, 5) is 0. The number of unbranched alkanes of at least 4 members (excludes halogenated alkanes) is 2. The van der Waals surface area contributed by atoms with Gasteiger partial charge >= 0.3 is 0 Å². The predicted molar refractivity (Wildman–Crippen MR) is 75.6 cm³/mol. The average molecular weight is 220 g/mol. The van der Waals surface area contributed by atoms with Crippen LogP contribution < -0.4 is 0 Å². The average Bonchev–Trinajstić information content (AvgIpc) is 2.30. The summed E-state index contributed by atoms with van der Waals surface area (Å²) >= 11 is 0. The van der Waals surface area contributed by atoms with E-state index in [1.807, 2.05) is 6.08 Å². The lowest BCUT2D eigenvalue weighted by molar-refractivity contribution is 0.343. The predicted octanol–water partition coefficient (Wildman–Crippen LogP) is 5.67. The van der Waals surface area contributed by atoms with Crippen LogP contribution in [0.2, 0.25) is 0 Å². The van der Waals surface area contributed by atoms with Gasteiger partial charge in [-0.1, -0.05) is 70.9 Å². The molecule has 92 valence electrons. The number of hydrogen-bond donors (Lipinski definition) is 0. The maximum Gasteiger partial charge on any atom is -0.00781 e. The molecule has 1 atom stereocenters. The van der Waals surface area contributed by atoms with Crippen LogP contribution in [0, 0.1) is 5.41 Å². The smallest absolute Gasteiger partial charge is 0.00781 e. The molecule has 0 aromatic heterocycles. The van der Waals surface area contributed by atoms with E-state index < -0.39 is 0 Å². The number of allylic oxidation sites excluding steroid dienone is 5. The summed E-state index contributed by atoms with van der Waals surface area (Å²) in [7, 11) is 0. The SMILES string of the molecule is C=C/C(=C\C=C/C)C(C)(CC)CCCCC. The first-order chi connectivity index (χ1) is 7.64. The van der Waals surface area contributed by atoms with Crippen molar-refractivity contribution in [3.8, 4) is 0 Å². The molecule has 0 nitrogen and oxygen atoms in total. The van der Waals surface area contributed by atoms with E-state index in [-0.39, 0.29) is 0 Å². The molecule has 0 aromatic carbocycles. The van der Waals surface area contributed by atoms with Crippen LogP contribution in [0.3, 0.4) is 0 Å². The largest absolute Gasteiger partial charge is 0.0988 e. The molecule has 0 heteroatoms. The molecule has 16 heavy (non-hydrogen) atoms. The van der Waals surface area contributed by atoms with Crippen LogP contribution in [0.4, 0.5) is 0 Å². The van der Waals surface area contributed by atoms with Crippen molar-refractivity contribution in [1.82, 2.24) is 0 Å². The van der Waals surface area contributed by atoms with Gasteiger partial charge in [-0.2, -0.15) is 0 Å². The zero-order valence-electron chi connectivity index (χ0n) is 11.6. The van der Waals surface area contributed by atoms with Gasteiger partial charge in [0.15, 0.2) is 0 Å². The molecule has 0 aromatic rings. The van der Waals surface area contributed by atoms with Crippen molar-refractivity contribution in [2.24, 2.45) is 5.41 Å². The third kappa shape index (κ3) is 4.83. The summed E-state index contributed by atoms with van der Waals surface area (Å²) in [6.07, 6.45) is 14.8. The summed E-state index contributed by atoms with van der Waals surface area (Å²) in [5.74, 6) is 0. The van der Waals surface area contributed by atoms with Crippen molar-refractivity contribution in [2.45, 2.75) is 59.8 Å². The molecular formula is C16H28. The van der Waals surface area contributed by atoms with E-state index in [0.717, 1.165) is 0 Å². The molecule has 0 aliphatic carbocycles. The van der Waals surface area contributed by atoms with Gasteiger partial charge in [0.1, 0.15) is 0 Å². The highest BCUT2D eigenvalue weighted by atomic mass is 14.3. The molecule has 0 bridgehead atoms. The normalized spacial score (nSPS) is 16.4. The number of rotatable bonds is 8. The lowest BCUT2D eigenvalue weighted by Crippen LogP contribution is -2.17. The third-order valence-corrected chi connectivity index (χ3v) is 3.50. The lowest BCUT2D eigenvalue weighted by Gasteiger charge is -2.30. The zero-order valence-corrected chi connectivity index (χ0v) is 11.6. The van der Waals surface area contributed by atoms with Crippen LogP contribution in [-0.4, -0.2) is 0 Å². The van der Waals surface area contributed by atoms with Gasteiger partial charge in [0.2, 0.25) is 0 Å². The fourth-order valence-corrected chi connectivity index (χ4v) is 2.01. The third-order valence-electron chi connectivity index (χ3n) is 3.50. The first kappa shape index (κ1) is 15.2. The summed E-state index contributed by atoms with van der Waals surface area (Å²) in [5.41, 5.74) is 1.68. The van der Waals surface area contributed by atoms with Crippen LogP contribution in [0.5, 0.6) is 0 Å². The van der Waals surface area contributed by atoms with E-state index in [4.69, 9.17) is 0 Å². The van der Waals surface area contributed by atoms with Crippen LogP contribution in [0.25, 0.3) is 0 Å². The highest BCUT2D eigenvalue weighted by Gasteiger charge is 2.23. The Morgan fingerprint density at radius 2 is 1.94 bits per heavy atom. The van der Waals surface area contributed by atoms with Gasteiger partial charge < -0.3 is 0 Å². The minimum absolute atomic E-state index is 0.302. The van der Waals surface area contributed by atoms with Gasteiger partial charge in [0.05, 0.1) is 0 Å². The molecule has 0 saturated carbocycles. The van der Waals surface area contributed by atoms with Crippen LogP contribution in [0.1, 0.15) is 59.8 Å². The van der Waals surface area contributed by atoms with Crippen molar-refractivity contribution in [1.29, 1.82) is 0 Å². The molecule has 0 spiro atoms. The minimum atomic E-state index is 0.302. The fraction of sp³-hybridized carbons (Fsp3) is 0.625. The molecule has 0 N–H and O–H groups in total. The number of hydrogen-bond acceptors (Lipinski definition) is 0. The minimum Gasteiger partial charge on any atom is -0.0988 e. The van der Waals surface area contributed by atoms with E-state index >= 15 is 0 Å². The molecular weight excluding hydrogens is 192 g/mol. The van der Waals surface area contributed by atoms with E-state index in [2.05, 4.69) is 52.5 Å². The highest BCUT2D eigenvalue weighted by Crippen LogP contribution is 2.37. The highest BCUT2D eigenvalue weighted by molar-refractivity contribution is 5.28. The van der Waals surface area contributed by atoms with Crippen LogP contribution >= 0.6 is 0 Å². The molecule has 0 rings (SSSR count). The van der Waals surface area contributed by atoms with Crippen LogP contribution in [-0.2, 0) is 0 Å². The van der Waals surface area contributed by atoms with Crippen LogP contribution in [0.15, 0.2) is 36.5 Å². The molecule has 1 unspecified atom stereocenters. The molecule has 0 heterocycles. The van der Waals surface area contributed by atoms with Gasteiger partial charge in [0, 0.05) is 0 Å². The summed E-state index contributed by atoms with van der Waals surface area (Å²) < 4.78 is 0. The Bertz CT molecular complexity index is 245. The van der Waals surface area contributed by atoms with Crippen molar-refractivity contribution >= 4 is 0 Å². The summed E-state index contributed by atoms with van der Waals surface area (Å²) in [6, 6.07) is 0. The second kappa shape index (κ2) is 8.38. The first-order valence-corrected chi connectivity index (χ1v) is 6.60. The van der Waals surface area contributed by atoms with Crippen molar-refractivity contribution < 1.29 is 0 Å². The van der Waals surface area contributed by atoms with E-state index in [1.165, 1.54) is 37.7 Å². The maximum atomic E-state index is 3.95. The Labute approximate surface area is 102 Å². The molecule has 0 fully saturated rings. The van der Waals surface area contributed by atoms with E-state index in [9.17, 15) is 0 Å². The van der Waals surface area contributed by atoms with Crippen molar-refractivity contribution in [3.63, 3.8) is 0 Å². The molecule has 0 aliphatic heterocycles. The molecule has 0 amide bonds. The second-order valence-electron chi connectivity index (χ2n) is 4.72. The Balaban J connectivity index is 4.68. The van der Waals surface area contributed by atoms with E-state index in [0.29, 0.717) is 5.41 Å². The van der Waals surface area contributed by atoms with E-state index in [1.54, 1.807) is 0 Å². The van der Waals surface area contributed by atoms with Gasteiger partial charge in [-0.25, -0.2) is 0 Å². The summed E-state index contributed by atoms with van der Waals surface area (Å²) in [5, 5.41) is 0. The Kier molecular flexibility index (Phi) is 7.97. The first-order valence-electron chi connectivity index (χ1n) is 6.60. The molecule has 0 radical (unpaired) electrons. The topological polar surface area (TPSA) is 0 Å².